The van der Waals surface area contributed by atoms with Crippen LogP contribution in [0.25, 0.3) is 0 Å². The Kier molecular flexibility index (Phi) is 6.37. The lowest BCUT2D eigenvalue weighted by atomic mass is 10.1. The van der Waals surface area contributed by atoms with Crippen LogP contribution in [0.5, 0.6) is 0 Å². The third kappa shape index (κ3) is 4.43. The van der Waals surface area contributed by atoms with Crippen LogP contribution in [0, 0.1) is 11.6 Å². The second-order valence-electron chi connectivity index (χ2n) is 6.57. The first-order valence-corrected chi connectivity index (χ1v) is 10.3. The van der Waals surface area contributed by atoms with E-state index in [0.29, 0.717) is 4.31 Å². The number of nitrogens with zero attached hydrogens (tertiary/aromatic N) is 1. The van der Waals surface area contributed by atoms with Crippen LogP contribution >= 0.6 is 11.6 Å². The van der Waals surface area contributed by atoms with Gasteiger partial charge in [0.25, 0.3) is 5.91 Å². The number of rotatable bonds is 4. The van der Waals surface area contributed by atoms with Crippen molar-refractivity contribution in [2.45, 2.75) is 23.3 Å². The standard InChI is InChI=1S/C18H15ClF4N2O4S/c19-11-6-10(2-4-12(11)20)24-18(27)9-1-3-13(21)16(5-9)30(28,29)25-7-14(22)17(26)15(23)8-25/h1-6,14-15,17,26H,7-8H2,(H,24,27). The molecule has 0 bridgehead atoms. The van der Waals surface area contributed by atoms with Crippen LogP contribution in [0.4, 0.5) is 23.2 Å². The molecule has 2 unspecified atom stereocenters. The maximum atomic E-state index is 14.2. The number of sulfonamides is 1. The quantitative estimate of drug-likeness (QED) is 0.678. The van der Waals surface area contributed by atoms with Crippen molar-refractivity contribution < 1.29 is 35.9 Å². The van der Waals surface area contributed by atoms with Gasteiger partial charge in [-0.05, 0) is 36.4 Å². The van der Waals surface area contributed by atoms with Crippen LogP contribution in [-0.4, -0.2) is 55.3 Å². The van der Waals surface area contributed by atoms with Crippen molar-refractivity contribution in [3.63, 3.8) is 0 Å². The smallest absolute Gasteiger partial charge is 0.255 e. The average Bonchev–Trinajstić information content (AvgIpc) is 2.68. The number of aliphatic hydroxyl groups excluding tert-OH is 1. The Bertz CT molecular complexity index is 1070. The van der Waals surface area contributed by atoms with E-state index in [1.807, 2.05) is 0 Å². The second kappa shape index (κ2) is 8.50. The lowest BCUT2D eigenvalue weighted by molar-refractivity contribution is -0.0291. The number of amides is 1. The number of benzene rings is 2. The molecular formula is C18H15ClF4N2O4S. The third-order valence-electron chi connectivity index (χ3n) is 4.49. The number of hydrogen-bond acceptors (Lipinski definition) is 4. The molecule has 0 spiro atoms. The summed E-state index contributed by atoms with van der Waals surface area (Å²) >= 11 is 5.63. The molecule has 1 aliphatic rings. The highest BCUT2D eigenvalue weighted by molar-refractivity contribution is 7.89. The number of alkyl halides is 2. The van der Waals surface area contributed by atoms with E-state index >= 15 is 0 Å². The molecular weight excluding hydrogens is 452 g/mol. The van der Waals surface area contributed by atoms with E-state index in [4.69, 9.17) is 11.6 Å². The topological polar surface area (TPSA) is 86.7 Å². The summed E-state index contributed by atoms with van der Waals surface area (Å²) in [5.41, 5.74) is -0.174. The fourth-order valence-electron chi connectivity index (χ4n) is 2.86. The molecule has 1 saturated heterocycles. The van der Waals surface area contributed by atoms with Crippen molar-refractivity contribution in [1.29, 1.82) is 0 Å². The summed E-state index contributed by atoms with van der Waals surface area (Å²) in [6.07, 6.45) is -6.37. The van der Waals surface area contributed by atoms with Gasteiger partial charge in [-0.3, -0.25) is 4.79 Å². The molecule has 1 amide bonds. The largest absolute Gasteiger partial charge is 0.387 e. The molecule has 2 aromatic rings. The molecule has 0 aliphatic carbocycles. The number of carbonyl (C=O) groups excluding carboxylic acids is 1. The molecule has 1 aliphatic heterocycles. The number of hydrogen-bond donors (Lipinski definition) is 2. The van der Waals surface area contributed by atoms with Gasteiger partial charge in [0, 0.05) is 24.3 Å². The minimum atomic E-state index is -4.71. The monoisotopic (exact) mass is 466 g/mol. The van der Waals surface area contributed by atoms with Gasteiger partial charge in [0.1, 0.15) is 35.0 Å². The van der Waals surface area contributed by atoms with E-state index < -0.39 is 64.0 Å². The maximum absolute atomic E-state index is 14.2. The first-order chi connectivity index (χ1) is 14.0. The lowest BCUT2D eigenvalue weighted by Gasteiger charge is -2.33. The molecule has 12 heteroatoms. The number of carbonyl (C=O) groups is 1. The fraction of sp³-hybridized carbons (Fsp3) is 0.278. The Labute approximate surface area is 174 Å². The van der Waals surface area contributed by atoms with Gasteiger partial charge < -0.3 is 10.4 Å². The number of aliphatic hydroxyl groups is 1. The Hall–Kier alpha value is -2.21. The summed E-state index contributed by atoms with van der Waals surface area (Å²) in [5.74, 6) is -2.79. The molecule has 0 saturated carbocycles. The first-order valence-electron chi connectivity index (χ1n) is 8.53. The van der Waals surface area contributed by atoms with Crippen molar-refractivity contribution in [2.75, 3.05) is 18.4 Å². The Morgan fingerprint density at radius 3 is 2.27 bits per heavy atom. The molecule has 1 heterocycles. The van der Waals surface area contributed by atoms with Gasteiger partial charge in [-0.15, -0.1) is 0 Å². The normalized spacial score (nSPS) is 22.7. The number of anilines is 1. The van der Waals surface area contributed by atoms with E-state index in [-0.39, 0.29) is 16.3 Å². The maximum Gasteiger partial charge on any atom is 0.255 e. The van der Waals surface area contributed by atoms with Crippen molar-refractivity contribution in [3.05, 3.63) is 58.6 Å². The summed E-state index contributed by atoms with van der Waals surface area (Å²) in [4.78, 5) is 11.4. The van der Waals surface area contributed by atoms with E-state index in [1.54, 1.807) is 0 Å². The van der Waals surface area contributed by atoms with Gasteiger partial charge in [-0.25, -0.2) is 26.0 Å². The average molecular weight is 467 g/mol. The Balaban J connectivity index is 1.89. The van der Waals surface area contributed by atoms with Gasteiger partial charge in [0.15, 0.2) is 0 Å². The first kappa shape index (κ1) is 22.5. The SMILES string of the molecule is O=C(Nc1ccc(F)c(Cl)c1)c1ccc(F)c(S(=O)(=O)N2CC(F)C(O)C(F)C2)c1. The van der Waals surface area contributed by atoms with Crippen LogP contribution in [0.15, 0.2) is 41.3 Å². The number of piperidine rings is 1. The van der Waals surface area contributed by atoms with Crippen molar-refractivity contribution in [1.82, 2.24) is 4.31 Å². The molecule has 6 nitrogen and oxygen atoms in total. The van der Waals surface area contributed by atoms with Crippen LogP contribution in [0.1, 0.15) is 10.4 Å². The summed E-state index contributed by atoms with van der Waals surface area (Å²) in [7, 11) is -4.71. The highest BCUT2D eigenvalue weighted by Gasteiger charge is 2.42. The van der Waals surface area contributed by atoms with Gasteiger partial charge in [0.2, 0.25) is 10.0 Å². The highest BCUT2D eigenvalue weighted by atomic mass is 35.5. The van der Waals surface area contributed by atoms with Crippen molar-refractivity contribution in [3.8, 4) is 0 Å². The van der Waals surface area contributed by atoms with Crippen molar-refractivity contribution >= 4 is 33.2 Å². The summed E-state index contributed by atoms with van der Waals surface area (Å²) in [5, 5.41) is 11.4. The predicted molar refractivity (Wildman–Crippen MR) is 100 cm³/mol. The highest BCUT2D eigenvalue weighted by Crippen LogP contribution is 2.27. The Morgan fingerprint density at radius 1 is 1.07 bits per heavy atom. The molecule has 1 fully saturated rings. The minimum Gasteiger partial charge on any atom is -0.387 e. The van der Waals surface area contributed by atoms with Crippen molar-refractivity contribution in [2.24, 2.45) is 0 Å². The number of halogens is 5. The summed E-state index contributed by atoms with van der Waals surface area (Å²) < 4.78 is 80.7. The van der Waals surface area contributed by atoms with Crippen LogP contribution in [0.3, 0.4) is 0 Å². The van der Waals surface area contributed by atoms with Gasteiger partial charge in [-0.1, -0.05) is 11.6 Å². The molecule has 30 heavy (non-hydrogen) atoms. The molecule has 2 N–H and O–H groups in total. The summed E-state index contributed by atoms with van der Waals surface area (Å²) in [6.45, 7) is -1.73. The van der Waals surface area contributed by atoms with Gasteiger partial charge in [0.05, 0.1) is 5.02 Å². The van der Waals surface area contributed by atoms with E-state index in [0.717, 1.165) is 30.3 Å². The second-order valence-corrected chi connectivity index (χ2v) is 8.89. The third-order valence-corrected chi connectivity index (χ3v) is 6.62. The molecule has 3 rings (SSSR count). The number of nitrogens with one attached hydrogen (secondary N) is 1. The summed E-state index contributed by atoms with van der Waals surface area (Å²) in [6, 6.07) is 5.78. The van der Waals surface area contributed by atoms with Crippen LogP contribution < -0.4 is 5.32 Å². The minimum absolute atomic E-state index is 0.102. The van der Waals surface area contributed by atoms with Gasteiger partial charge >= 0.3 is 0 Å². The van der Waals surface area contributed by atoms with E-state index in [1.165, 1.54) is 6.07 Å². The van der Waals surface area contributed by atoms with E-state index in [9.17, 15) is 35.9 Å². The van der Waals surface area contributed by atoms with Gasteiger partial charge in [-0.2, -0.15) is 4.31 Å². The van der Waals surface area contributed by atoms with Crippen LogP contribution in [0.2, 0.25) is 5.02 Å². The zero-order chi connectivity index (χ0) is 22.2. The zero-order valence-electron chi connectivity index (χ0n) is 15.0. The lowest BCUT2D eigenvalue weighted by Crippen LogP contribution is -2.53. The molecule has 2 aromatic carbocycles. The molecule has 0 radical (unpaired) electrons. The molecule has 2 atom stereocenters. The zero-order valence-corrected chi connectivity index (χ0v) is 16.6. The van der Waals surface area contributed by atoms with Crippen LogP contribution in [-0.2, 0) is 10.0 Å². The Morgan fingerprint density at radius 2 is 1.67 bits per heavy atom. The predicted octanol–water partition coefficient (Wildman–Crippen LogP) is 2.91. The molecule has 0 aromatic heterocycles. The van der Waals surface area contributed by atoms with E-state index in [2.05, 4.69) is 5.32 Å². The fourth-order valence-corrected chi connectivity index (χ4v) is 4.59. The molecule has 162 valence electrons.